The van der Waals surface area contributed by atoms with Crippen molar-refractivity contribution in [2.45, 2.75) is 51.9 Å². The molecule has 0 spiro atoms. The van der Waals surface area contributed by atoms with Crippen LogP contribution in [0.5, 0.6) is 0 Å². The Morgan fingerprint density at radius 2 is 1.87 bits per heavy atom. The Balaban J connectivity index is 0.00000264. The molecular formula is C19H31ClN2O. The van der Waals surface area contributed by atoms with Crippen molar-refractivity contribution in [2.24, 2.45) is 5.92 Å². The highest BCUT2D eigenvalue weighted by molar-refractivity contribution is 5.85. The highest BCUT2D eigenvalue weighted by Gasteiger charge is 2.16. The molecule has 2 N–H and O–H groups in total. The van der Waals surface area contributed by atoms with Gasteiger partial charge >= 0.3 is 0 Å². The summed E-state index contributed by atoms with van der Waals surface area (Å²) in [7, 11) is 0. The van der Waals surface area contributed by atoms with Crippen molar-refractivity contribution in [1.82, 2.24) is 10.6 Å². The van der Waals surface area contributed by atoms with E-state index in [0.29, 0.717) is 18.3 Å². The van der Waals surface area contributed by atoms with Crippen LogP contribution in [-0.4, -0.2) is 25.5 Å². The summed E-state index contributed by atoms with van der Waals surface area (Å²) in [6.45, 7) is 9.50. The summed E-state index contributed by atoms with van der Waals surface area (Å²) in [6, 6.07) is 8.70. The first-order chi connectivity index (χ1) is 10.6. The fourth-order valence-corrected chi connectivity index (χ4v) is 3.03. The van der Waals surface area contributed by atoms with Crippen molar-refractivity contribution in [2.75, 3.05) is 19.6 Å². The van der Waals surface area contributed by atoms with Gasteiger partial charge in [0.1, 0.15) is 0 Å². The van der Waals surface area contributed by atoms with E-state index in [1.54, 1.807) is 0 Å². The Hall–Kier alpha value is -1.06. The van der Waals surface area contributed by atoms with E-state index in [4.69, 9.17) is 0 Å². The molecule has 2 rings (SSSR count). The van der Waals surface area contributed by atoms with Crippen molar-refractivity contribution in [3.8, 4) is 0 Å². The number of piperidine rings is 1. The number of carbonyl (C=O) groups is 1. The first kappa shape index (κ1) is 20.0. The summed E-state index contributed by atoms with van der Waals surface area (Å²) in [5, 5.41) is 6.49. The predicted octanol–water partition coefficient (Wildman–Crippen LogP) is 3.84. The van der Waals surface area contributed by atoms with Crippen LogP contribution in [0.4, 0.5) is 0 Å². The standard InChI is InChI=1S/C19H30N2O.ClH/c1-14(2)17-6-8-18(9-7-17)15(3)11-19(22)21-13-16-5-4-10-20-12-16;/h6-9,14-16,20H,4-5,10-13H2,1-3H3,(H,21,22);1H. The molecule has 1 aliphatic heterocycles. The second kappa shape index (κ2) is 9.94. The van der Waals surface area contributed by atoms with Crippen LogP contribution >= 0.6 is 12.4 Å². The zero-order valence-corrected chi connectivity index (χ0v) is 15.4. The maximum absolute atomic E-state index is 12.1. The first-order valence-electron chi connectivity index (χ1n) is 8.63. The minimum Gasteiger partial charge on any atom is -0.356 e. The molecule has 0 aliphatic carbocycles. The molecule has 0 saturated carbocycles. The van der Waals surface area contributed by atoms with Crippen LogP contribution in [0.2, 0.25) is 0 Å². The van der Waals surface area contributed by atoms with Gasteiger partial charge in [-0.1, -0.05) is 45.0 Å². The predicted molar refractivity (Wildman–Crippen MR) is 99.4 cm³/mol. The van der Waals surface area contributed by atoms with E-state index in [0.717, 1.165) is 19.6 Å². The van der Waals surface area contributed by atoms with Gasteiger partial charge in [-0.3, -0.25) is 4.79 Å². The fraction of sp³-hybridized carbons (Fsp3) is 0.632. The molecule has 0 bridgehead atoms. The quantitative estimate of drug-likeness (QED) is 0.827. The van der Waals surface area contributed by atoms with Crippen molar-refractivity contribution in [3.63, 3.8) is 0 Å². The van der Waals surface area contributed by atoms with Crippen LogP contribution in [-0.2, 0) is 4.79 Å². The van der Waals surface area contributed by atoms with Gasteiger partial charge in [0, 0.05) is 13.0 Å². The third-order valence-electron chi connectivity index (χ3n) is 4.65. The highest BCUT2D eigenvalue weighted by atomic mass is 35.5. The van der Waals surface area contributed by atoms with Gasteiger partial charge in [-0.15, -0.1) is 12.4 Å². The average Bonchev–Trinajstić information content (AvgIpc) is 2.54. The Bertz CT molecular complexity index is 467. The maximum atomic E-state index is 12.1. The van der Waals surface area contributed by atoms with Crippen molar-refractivity contribution >= 4 is 18.3 Å². The zero-order valence-electron chi connectivity index (χ0n) is 14.6. The maximum Gasteiger partial charge on any atom is 0.220 e. The van der Waals surface area contributed by atoms with Gasteiger partial charge in [0.25, 0.3) is 0 Å². The molecular weight excluding hydrogens is 308 g/mol. The highest BCUT2D eigenvalue weighted by Crippen LogP contribution is 2.22. The molecule has 130 valence electrons. The monoisotopic (exact) mass is 338 g/mol. The Morgan fingerprint density at radius 3 is 2.43 bits per heavy atom. The number of carbonyl (C=O) groups excluding carboxylic acids is 1. The number of rotatable bonds is 6. The van der Waals surface area contributed by atoms with Gasteiger partial charge in [-0.05, 0) is 54.8 Å². The number of hydrogen-bond acceptors (Lipinski definition) is 2. The lowest BCUT2D eigenvalue weighted by atomic mass is 9.94. The van der Waals surface area contributed by atoms with Gasteiger partial charge in [-0.2, -0.15) is 0 Å². The van der Waals surface area contributed by atoms with E-state index in [1.165, 1.54) is 24.0 Å². The Labute approximate surface area is 147 Å². The van der Waals surface area contributed by atoms with Crippen molar-refractivity contribution < 1.29 is 4.79 Å². The van der Waals surface area contributed by atoms with E-state index in [1.807, 2.05) is 0 Å². The normalized spacial score (nSPS) is 19.0. The molecule has 0 radical (unpaired) electrons. The molecule has 3 nitrogen and oxygen atoms in total. The summed E-state index contributed by atoms with van der Waals surface area (Å²) >= 11 is 0. The van der Waals surface area contributed by atoms with E-state index < -0.39 is 0 Å². The molecule has 1 amide bonds. The summed E-state index contributed by atoms with van der Waals surface area (Å²) in [5.74, 6) is 1.59. The summed E-state index contributed by atoms with van der Waals surface area (Å²) < 4.78 is 0. The molecule has 2 atom stereocenters. The largest absolute Gasteiger partial charge is 0.356 e. The second-order valence-electron chi connectivity index (χ2n) is 6.94. The van der Waals surface area contributed by atoms with E-state index in [2.05, 4.69) is 55.7 Å². The summed E-state index contributed by atoms with van der Waals surface area (Å²) in [4.78, 5) is 12.1. The van der Waals surface area contributed by atoms with Crippen LogP contribution in [0.3, 0.4) is 0 Å². The SMILES string of the molecule is CC(C)c1ccc(C(C)CC(=O)NCC2CCCNC2)cc1.Cl. The summed E-state index contributed by atoms with van der Waals surface area (Å²) in [6.07, 6.45) is 3.01. The van der Waals surface area contributed by atoms with Crippen LogP contribution in [0.1, 0.15) is 63.0 Å². The number of amides is 1. The topological polar surface area (TPSA) is 41.1 Å². The smallest absolute Gasteiger partial charge is 0.220 e. The fourth-order valence-electron chi connectivity index (χ4n) is 3.03. The van der Waals surface area contributed by atoms with E-state index in [9.17, 15) is 4.79 Å². The van der Waals surface area contributed by atoms with Crippen molar-refractivity contribution in [1.29, 1.82) is 0 Å². The lowest BCUT2D eigenvalue weighted by molar-refractivity contribution is -0.121. The lowest BCUT2D eigenvalue weighted by Crippen LogP contribution is -2.38. The molecule has 1 aromatic rings. The molecule has 1 saturated heterocycles. The van der Waals surface area contributed by atoms with Gasteiger partial charge in [0.05, 0.1) is 0 Å². The minimum atomic E-state index is 0. The second-order valence-corrected chi connectivity index (χ2v) is 6.94. The zero-order chi connectivity index (χ0) is 15.9. The molecule has 4 heteroatoms. The Morgan fingerprint density at radius 1 is 1.22 bits per heavy atom. The summed E-state index contributed by atoms with van der Waals surface area (Å²) in [5.41, 5.74) is 2.60. The number of halogens is 1. The number of nitrogens with one attached hydrogen (secondary N) is 2. The number of benzene rings is 1. The third kappa shape index (κ3) is 6.52. The van der Waals surface area contributed by atoms with Crippen LogP contribution < -0.4 is 10.6 Å². The minimum absolute atomic E-state index is 0. The number of hydrogen-bond donors (Lipinski definition) is 2. The van der Waals surface area contributed by atoms with Gasteiger partial charge in [0.2, 0.25) is 5.91 Å². The van der Waals surface area contributed by atoms with Crippen molar-refractivity contribution in [3.05, 3.63) is 35.4 Å². The van der Waals surface area contributed by atoms with Crippen LogP contribution in [0.15, 0.2) is 24.3 Å². The molecule has 0 aromatic heterocycles. The Kier molecular flexibility index (Phi) is 8.64. The molecule has 1 aromatic carbocycles. The first-order valence-corrected chi connectivity index (χ1v) is 8.63. The van der Waals surface area contributed by atoms with E-state index >= 15 is 0 Å². The van der Waals surface area contributed by atoms with Crippen LogP contribution in [0, 0.1) is 5.92 Å². The molecule has 23 heavy (non-hydrogen) atoms. The van der Waals surface area contributed by atoms with Gasteiger partial charge < -0.3 is 10.6 Å². The molecule has 1 aliphatic rings. The lowest BCUT2D eigenvalue weighted by Gasteiger charge is -2.23. The van der Waals surface area contributed by atoms with E-state index in [-0.39, 0.29) is 24.2 Å². The third-order valence-corrected chi connectivity index (χ3v) is 4.65. The molecule has 1 heterocycles. The van der Waals surface area contributed by atoms with Gasteiger partial charge in [-0.25, -0.2) is 0 Å². The van der Waals surface area contributed by atoms with Crippen LogP contribution in [0.25, 0.3) is 0 Å². The average molecular weight is 339 g/mol. The molecule has 1 fully saturated rings. The van der Waals surface area contributed by atoms with Gasteiger partial charge in [0.15, 0.2) is 0 Å². The molecule has 2 unspecified atom stereocenters.